The Morgan fingerprint density at radius 2 is 2.06 bits per heavy atom. The smallest absolute Gasteiger partial charge is 0.223 e. The summed E-state index contributed by atoms with van der Waals surface area (Å²) in [5, 5.41) is 0.301. The van der Waals surface area contributed by atoms with E-state index in [1.54, 1.807) is 0 Å². The second kappa shape index (κ2) is 5.02. The standard InChI is InChI=1S/C12H10ClFN2S/c1-7-3-4-10(8(2)5-7)17-11-9(14)6-15-12(13)16-11/h3-6H,1-2H3. The molecular weight excluding hydrogens is 259 g/mol. The van der Waals surface area contributed by atoms with Crippen molar-refractivity contribution in [2.24, 2.45) is 0 Å². The summed E-state index contributed by atoms with van der Waals surface area (Å²) in [6.45, 7) is 4.00. The maximum Gasteiger partial charge on any atom is 0.223 e. The molecule has 0 fully saturated rings. The Morgan fingerprint density at radius 1 is 1.29 bits per heavy atom. The van der Waals surface area contributed by atoms with Crippen molar-refractivity contribution in [1.29, 1.82) is 0 Å². The highest BCUT2D eigenvalue weighted by Crippen LogP contribution is 2.31. The van der Waals surface area contributed by atoms with E-state index in [1.807, 2.05) is 32.0 Å². The molecule has 2 rings (SSSR count). The molecule has 0 spiro atoms. The van der Waals surface area contributed by atoms with Gasteiger partial charge in [0.2, 0.25) is 5.28 Å². The van der Waals surface area contributed by atoms with Crippen molar-refractivity contribution in [3.8, 4) is 0 Å². The number of benzene rings is 1. The van der Waals surface area contributed by atoms with Crippen LogP contribution in [-0.2, 0) is 0 Å². The molecule has 0 saturated heterocycles. The van der Waals surface area contributed by atoms with Crippen LogP contribution >= 0.6 is 23.4 Å². The SMILES string of the molecule is Cc1ccc(Sc2nc(Cl)ncc2F)c(C)c1. The summed E-state index contributed by atoms with van der Waals surface area (Å²) in [7, 11) is 0. The molecule has 0 aliphatic carbocycles. The molecule has 0 saturated carbocycles. The third kappa shape index (κ3) is 2.96. The average Bonchev–Trinajstić information content (AvgIpc) is 2.27. The summed E-state index contributed by atoms with van der Waals surface area (Å²) in [4.78, 5) is 8.42. The Kier molecular flexibility index (Phi) is 3.64. The molecule has 1 heterocycles. The molecule has 0 unspecified atom stereocenters. The molecule has 0 amide bonds. The second-order valence-corrected chi connectivity index (χ2v) is 5.03. The zero-order valence-corrected chi connectivity index (χ0v) is 10.9. The number of aromatic nitrogens is 2. The van der Waals surface area contributed by atoms with Gasteiger partial charge in [-0.05, 0) is 37.1 Å². The zero-order chi connectivity index (χ0) is 12.4. The number of halogens is 2. The molecule has 2 nitrogen and oxygen atoms in total. The van der Waals surface area contributed by atoms with Crippen LogP contribution in [0.5, 0.6) is 0 Å². The predicted molar refractivity (Wildman–Crippen MR) is 67.0 cm³/mol. The molecule has 5 heteroatoms. The van der Waals surface area contributed by atoms with Crippen molar-refractivity contribution in [3.63, 3.8) is 0 Å². The first-order valence-electron chi connectivity index (χ1n) is 4.99. The van der Waals surface area contributed by atoms with Gasteiger partial charge in [0.1, 0.15) is 5.03 Å². The lowest BCUT2D eigenvalue weighted by atomic mass is 10.2. The van der Waals surface area contributed by atoms with Gasteiger partial charge in [0.15, 0.2) is 5.82 Å². The lowest BCUT2D eigenvalue weighted by Crippen LogP contribution is -1.91. The van der Waals surface area contributed by atoms with E-state index in [9.17, 15) is 4.39 Å². The Balaban J connectivity index is 2.34. The topological polar surface area (TPSA) is 25.8 Å². The van der Waals surface area contributed by atoms with Crippen molar-refractivity contribution in [3.05, 3.63) is 46.6 Å². The van der Waals surface area contributed by atoms with Crippen LogP contribution in [0, 0.1) is 19.7 Å². The van der Waals surface area contributed by atoms with Gasteiger partial charge in [0, 0.05) is 4.90 Å². The van der Waals surface area contributed by atoms with Gasteiger partial charge in [0.05, 0.1) is 6.20 Å². The molecule has 1 aromatic carbocycles. The number of hydrogen-bond donors (Lipinski definition) is 0. The minimum absolute atomic E-state index is 0.0543. The summed E-state index contributed by atoms with van der Waals surface area (Å²) in [5.74, 6) is -0.459. The second-order valence-electron chi connectivity index (χ2n) is 3.66. The van der Waals surface area contributed by atoms with E-state index in [2.05, 4.69) is 9.97 Å². The van der Waals surface area contributed by atoms with E-state index < -0.39 is 5.82 Å². The molecule has 0 radical (unpaired) electrons. The maximum atomic E-state index is 13.5. The Morgan fingerprint density at radius 3 is 2.76 bits per heavy atom. The highest BCUT2D eigenvalue weighted by molar-refractivity contribution is 7.99. The summed E-state index contributed by atoms with van der Waals surface area (Å²) in [6, 6.07) is 5.98. The van der Waals surface area contributed by atoms with E-state index in [4.69, 9.17) is 11.6 Å². The first-order valence-corrected chi connectivity index (χ1v) is 6.19. The third-order valence-electron chi connectivity index (χ3n) is 2.22. The van der Waals surface area contributed by atoms with Gasteiger partial charge in [-0.2, -0.15) is 0 Å². The fraction of sp³-hybridized carbons (Fsp3) is 0.167. The minimum atomic E-state index is -0.459. The molecule has 17 heavy (non-hydrogen) atoms. The Bertz CT molecular complexity index is 560. The van der Waals surface area contributed by atoms with Crippen LogP contribution in [0.1, 0.15) is 11.1 Å². The molecular formula is C12H10ClFN2S. The molecule has 0 aliphatic rings. The van der Waals surface area contributed by atoms with Gasteiger partial charge in [-0.3, -0.25) is 0 Å². The lowest BCUT2D eigenvalue weighted by Gasteiger charge is -2.06. The first kappa shape index (κ1) is 12.3. The van der Waals surface area contributed by atoms with Gasteiger partial charge in [-0.1, -0.05) is 29.5 Å². The summed E-state index contributed by atoms with van der Waals surface area (Å²) in [6.07, 6.45) is 1.08. The highest BCUT2D eigenvalue weighted by Gasteiger charge is 2.09. The largest absolute Gasteiger partial charge is 0.223 e. The van der Waals surface area contributed by atoms with Crippen molar-refractivity contribution in [1.82, 2.24) is 9.97 Å². The van der Waals surface area contributed by atoms with Gasteiger partial charge in [-0.15, -0.1) is 0 Å². The summed E-state index contributed by atoms with van der Waals surface area (Å²) >= 11 is 6.90. The van der Waals surface area contributed by atoms with Gasteiger partial charge >= 0.3 is 0 Å². The zero-order valence-electron chi connectivity index (χ0n) is 9.37. The average molecular weight is 269 g/mol. The van der Waals surface area contributed by atoms with Crippen molar-refractivity contribution in [2.75, 3.05) is 0 Å². The fourth-order valence-electron chi connectivity index (χ4n) is 1.42. The van der Waals surface area contributed by atoms with Crippen LogP contribution in [-0.4, -0.2) is 9.97 Å². The van der Waals surface area contributed by atoms with Crippen LogP contribution in [0.3, 0.4) is 0 Å². The first-order chi connectivity index (χ1) is 8.06. The number of nitrogens with zero attached hydrogens (tertiary/aromatic N) is 2. The van der Waals surface area contributed by atoms with Gasteiger partial charge in [0.25, 0.3) is 0 Å². The Labute approximate surface area is 108 Å². The Hall–Kier alpha value is -1.13. The fourth-order valence-corrected chi connectivity index (χ4v) is 2.45. The van der Waals surface area contributed by atoms with E-state index in [0.29, 0.717) is 0 Å². The monoisotopic (exact) mass is 268 g/mol. The third-order valence-corrected chi connectivity index (χ3v) is 3.56. The van der Waals surface area contributed by atoms with Crippen LogP contribution in [0.2, 0.25) is 5.28 Å². The van der Waals surface area contributed by atoms with Gasteiger partial charge < -0.3 is 0 Å². The molecule has 0 N–H and O–H groups in total. The van der Waals surface area contributed by atoms with Crippen molar-refractivity contribution >= 4 is 23.4 Å². The van der Waals surface area contributed by atoms with Crippen LogP contribution in [0.15, 0.2) is 34.3 Å². The number of hydrogen-bond acceptors (Lipinski definition) is 3. The molecule has 1 aromatic heterocycles. The summed E-state index contributed by atoms with van der Waals surface area (Å²) in [5.41, 5.74) is 2.26. The van der Waals surface area contributed by atoms with Crippen molar-refractivity contribution in [2.45, 2.75) is 23.8 Å². The quantitative estimate of drug-likeness (QED) is 0.607. The van der Waals surface area contributed by atoms with Crippen molar-refractivity contribution < 1.29 is 4.39 Å². The highest BCUT2D eigenvalue weighted by atomic mass is 35.5. The number of aryl methyl sites for hydroxylation is 2. The molecule has 0 atom stereocenters. The molecule has 0 bridgehead atoms. The number of rotatable bonds is 2. The van der Waals surface area contributed by atoms with Gasteiger partial charge in [-0.25, -0.2) is 14.4 Å². The molecule has 0 aliphatic heterocycles. The van der Waals surface area contributed by atoms with Crippen LogP contribution in [0.4, 0.5) is 4.39 Å². The lowest BCUT2D eigenvalue weighted by molar-refractivity contribution is 0.579. The normalized spacial score (nSPS) is 10.6. The van der Waals surface area contributed by atoms with Crippen LogP contribution < -0.4 is 0 Å². The predicted octanol–water partition coefficient (Wildman–Crippen LogP) is 4.04. The van der Waals surface area contributed by atoms with E-state index in [-0.39, 0.29) is 10.3 Å². The molecule has 2 aromatic rings. The summed E-state index contributed by atoms with van der Waals surface area (Å²) < 4.78 is 13.5. The molecule has 88 valence electrons. The maximum absolute atomic E-state index is 13.5. The van der Waals surface area contributed by atoms with E-state index in [1.165, 1.54) is 17.3 Å². The van der Waals surface area contributed by atoms with E-state index in [0.717, 1.165) is 16.7 Å². The van der Waals surface area contributed by atoms with Crippen LogP contribution in [0.25, 0.3) is 0 Å². The minimum Gasteiger partial charge on any atom is -0.223 e. The van der Waals surface area contributed by atoms with E-state index >= 15 is 0 Å².